The molecule has 5 N–H and O–H groups in total. The Kier molecular flexibility index (Phi) is 12.7. The molecule has 1 heterocycles. The van der Waals surface area contributed by atoms with E-state index in [1.54, 1.807) is 0 Å². The van der Waals surface area contributed by atoms with E-state index in [9.17, 15) is 52.5 Å². The summed E-state index contributed by atoms with van der Waals surface area (Å²) in [6.07, 6.45) is -3.37. The highest BCUT2D eigenvalue weighted by molar-refractivity contribution is 7.89. The van der Waals surface area contributed by atoms with E-state index >= 15 is 0 Å². The molecule has 0 amide bonds. The Bertz CT molecular complexity index is 1600. The van der Waals surface area contributed by atoms with Gasteiger partial charge in [0.25, 0.3) is 0 Å². The van der Waals surface area contributed by atoms with Crippen LogP contribution in [-0.4, -0.2) is 93.5 Å². The second-order valence-corrected chi connectivity index (χ2v) is 10.5. The number of esters is 3. The van der Waals surface area contributed by atoms with Gasteiger partial charge in [0, 0.05) is 12.2 Å². The summed E-state index contributed by atoms with van der Waals surface area (Å²) in [5.41, 5.74) is -4.05. The van der Waals surface area contributed by atoms with Crippen LogP contribution in [-0.2, 0) is 53.5 Å². The molecule has 0 fully saturated rings. The summed E-state index contributed by atoms with van der Waals surface area (Å²) >= 11 is 0. The fourth-order valence-electron chi connectivity index (χ4n) is 3.45. The van der Waals surface area contributed by atoms with Crippen molar-refractivity contribution >= 4 is 27.9 Å². The Morgan fingerprint density at radius 2 is 1.07 bits per heavy atom. The average Bonchev–Trinajstić information content (AvgIpc) is 2.99. The van der Waals surface area contributed by atoms with Crippen LogP contribution < -0.4 is 22.2 Å². The van der Waals surface area contributed by atoms with Crippen LogP contribution in [0.2, 0.25) is 0 Å². The van der Waals surface area contributed by atoms with Gasteiger partial charge >= 0.3 is 35.0 Å². The molecule has 1 aromatic heterocycles. The summed E-state index contributed by atoms with van der Waals surface area (Å²) in [6, 6.07) is 4.30. The highest BCUT2D eigenvalue weighted by Gasteiger charge is 2.23. The highest BCUT2D eigenvalue weighted by Crippen LogP contribution is 2.10. The van der Waals surface area contributed by atoms with E-state index in [0.29, 0.717) is 13.7 Å². The second kappa shape index (κ2) is 15.7. The molecular formula is C25H30N4O14S. The third kappa shape index (κ3) is 9.95. The van der Waals surface area contributed by atoms with Gasteiger partial charge in [0.05, 0.1) is 30.1 Å². The standard InChI is InChI=1S/C25H30N4O14S/c1-3-20(33)41-12-16(30)9-27-23(36)28(10-17(31)13-42-21(34)4-2)25(38)29(24(27)37)11-18(32)14-43-22(35)15-5-7-19(8-6-15)44(26,39)40/h3-8,16-18,30-32H,1-2,9-14H2,(H2,26,39,40). The molecule has 19 heteroatoms. The van der Waals surface area contributed by atoms with E-state index < -0.39 is 103 Å². The number of nitrogens with two attached hydrogens (primary N) is 1. The van der Waals surface area contributed by atoms with Gasteiger partial charge in [-0.15, -0.1) is 0 Å². The maximum Gasteiger partial charge on any atom is 0.338 e. The zero-order valence-corrected chi connectivity index (χ0v) is 23.8. The molecule has 240 valence electrons. The molecule has 0 aliphatic carbocycles. The van der Waals surface area contributed by atoms with Crippen LogP contribution in [0.15, 0.2) is 68.9 Å². The first kappa shape index (κ1) is 35.5. The van der Waals surface area contributed by atoms with E-state index in [-0.39, 0.29) is 10.5 Å². The second-order valence-electron chi connectivity index (χ2n) is 8.98. The summed E-state index contributed by atoms with van der Waals surface area (Å²) in [5, 5.41) is 35.9. The number of sulfonamides is 1. The molecule has 3 unspecified atom stereocenters. The number of aliphatic hydroxyl groups is 3. The fraction of sp³-hybridized carbons (Fsp3) is 0.360. The van der Waals surface area contributed by atoms with Crippen LogP contribution in [0.5, 0.6) is 0 Å². The zero-order chi connectivity index (χ0) is 33.2. The largest absolute Gasteiger partial charge is 0.460 e. The van der Waals surface area contributed by atoms with Gasteiger partial charge in [-0.2, -0.15) is 0 Å². The Morgan fingerprint density at radius 3 is 1.39 bits per heavy atom. The normalized spacial score (nSPS) is 13.3. The molecule has 3 atom stereocenters. The minimum absolute atomic E-state index is 0.116. The maximum atomic E-state index is 13.1. The van der Waals surface area contributed by atoms with E-state index in [0.717, 1.165) is 36.4 Å². The first-order chi connectivity index (χ1) is 20.6. The van der Waals surface area contributed by atoms with Gasteiger partial charge in [-0.25, -0.2) is 56.0 Å². The number of aliphatic hydroxyl groups excluding tert-OH is 3. The first-order valence-electron chi connectivity index (χ1n) is 12.5. The molecule has 2 aromatic rings. The molecule has 0 saturated carbocycles. The van der Waals surface area contributed by atoms with Crippen molar-refractivity contribution in [3.8, 4) is 0 Å². The van der Waals surface area contributed by atoms with Crippen molar-refractivity contribution in [2.45, 2.75) is 42.8 Å². The summed E-state index contributed by atoms with van der Waals surface area (Å²) in [7, 11) is -4.02. The number of nitrogens with zero attached hydrogens (tertiary/aromatic N) is 3. The average molecular weight is 643 g/mol. The van der Waals surface area contributed by atoms with E-state index in [2.05, 4.69) is 22.6 Å². The minimum Gasteiger partial charge on any atom is -0.460 e. The van der Waals surface area contributed by atoms with Gasteiger partial charge in [0.15, 0.2) is 0 Å². The lowest BCUT2D eigenvalue weighted by atomic mass is 10.2. The Hall–Kier alpha value is -4.69. The van der Waals surface area contributed by atoms with Gasteiger partial charge in [-0.3, -0.25) is 0 Å². The van der Waals surface area contributed by atoms with Crippen LogP contribution in [0, 0.1) is 0 Å². The zero-order valence-electron chi connectivity index (χ0n) is 23.0. The molecule has 0 aliphatic heterocycles. The molecule has 0 radical (unpaired) electrons. The van der Waals surface area contributed by atoms with Gasteiger partial charge in [-0.05, 0) is 24.3 Å². The molecular weight excluding hydrogens is 612 g/mol. The number of hydrogen-bond acceptors (Lipinski definition) is 14. The van der Waals surface area contributed by atoms with E-state index in [1.165, 1.54) is 0 Å². The maximum absolute atomic E-state index is 13.1. The van der Waals surface area contributed by atoms with Gasteiger partial charge in [0.2, 0.25) is 10.0 Å². The topological polar surface area (TPSA) is 266 Å². The molecule has 0 saturated heterocycles. The number of benzene rings is 1. The molecule has 0 bridgehead atoms. The van der Waals surface area contributed by atoms with E-state index in [4.69, 9.17) is 9.88 Å². The van der Waals surface area contributed by atoms with Crippen molar-refractivity contribution in [1.82, 2.24) is 13.7 Å². The summed E-state index contributed by atoms with van der Waals surface area (Å²) in [4.78, 5) is 73.9. The predicted molar refractivity (Wildman–Crippen MR) is 148 cm³/mol. The van der Waals surface area contributed by atoms with Crippen molar-refractivity contribution in [3.63, 3.8) is 0 Å². The number of carbonyl (C=O) groups is 3. The third-order valence-corrected chi connectivity index (χ3v) is 6.49. The van der Waals surface area contributed by atoms with Crippen LogP contribution in [0.25, 0.3) is 0 Å². The van der Waals surface area contributed by atoms with Crippen molar-refractivity contribution in [2.24, 2.45) is 5.14 Å². The summed E-state index contributed by atoms with van der Waals surface area (Å²) in [5.74, 6) is -2.82. The minimum atomic E-state index is -4.02. The molecule has 0 spiro atoms. The fourth-order valence-corrected chi connectivity index (χ4v) is 3.97. The van der Waals surface area contributed by atoms with Crippen molar-refractivity contribution in [1.29, 1.82) is 0 Å². The number of carbonyl (C=O) groups excluding carboxylic acids is 3. The van der Waals surface area contributed by atoms with Crippen LogP contribution in [0.3, 0.4) is 0 Å². The Balaban J connectivity index is 2.33. The first-order valence-corrected chi connectivity index (χ1v) is 14.0. The predicted octanol–water partition coefficient (Wildman–Crippen LogP) is -3.78. The molecule has 0 aliphatic rings. The number of ether oxygens (including phenoxy) is 3. The smallest absolute Gasteiger partial charge is 0.338 e. The quantitative estimate of drug-likeness (QED) is 0.0778. The van der Waals surface area contributed by atoms with E-state index in [1.807, 2.05) is 0 Å². The van der Waals surface area contributed by atoms with Gasteiger partial charge in [-0.1, -0.05) is 13.2 Å². The van der Waals surface area contributed by atoms with Crippen molar-refractivity contribution in [2.75, 3.05) is 19.8 Å². The van der Waals surface area contributed by atoms with Crippen LogP contribution in [0.1, 0.15) is 10.4 Å². The van der Waals surface area contributed by atoms with Gasteiger partial charge < -0.3 is 29.5 Å². The number of aromatic nitrogens is 3. The molecule has 44 heavy (non-hydrogen) atoms. The van der Waals surface area contributed by atoms with Gasteiger partial charge in [0.1, 0.15) is 38.1 Å². The van der Waals surface area contributed by atoms with Crippen LogP contribution >= 0.6 is 0 Å². The Labute approximate surface area is 248 Å². The number of rotatable bonds is 16. The molecule has 18 nitrogen and oxygen atoms in total. The number of hydrogen-bond donors (Lipinski definition) is 4. The van der Waals surface area contributed by atoms with Crippen molar-refractivity contribution in [3.05, 3.63) is 86.6 Å². The molecule has 1 aromatic carbocycles. The Morgan fingerprint density at radius 1 is 0.727 bits per heavy atom. The lowest BCUT2D eigenvalue weighted by molar-refractivity contribution is -0.141. The lowest BCUT2D eigenvalue weighted by Crippen LogP contribution is -2.57. The highest BCUT2D eigenvalue weighted by atomic mass is 32.2. The summed E-state index contributed by atoms with van der Waals surface area (Å²) < 4.78 is 38.2. The monoisotopic (exact) mass is 642 g/mol. The molecule has 2 rings (SSSR count). The van der Waals surface area contributed by atoms with Crippen LogP contribution in [0.4, 0.5) is 0 Å². The number of primary sulfonamides is 1. The SMILES string of the molecule is C=CC(=O)OCC(O)Cn1c(=O)n(CC(O)COC(=O)C=C)c(=O)n(CC(O)COC(=O)c2ccc(S(N)(=O)=O)cc2)c1=O. The third-order valence-electron chi connectivity index (χ3n) is 5.56. The lowest BCUT2D eigenvalue weighted by Gasteiger charge is -2.19. The summed E-state index contributed by atoms with van der Waals surface area (Å²) in [6.45, 7) is 1.78. The van der Waals surface area contributed by atoms with Crippen molar-refractivity contribution < 1.29 is 52.3 Å².